The molecule has 31 heavy (non-hydrogen) atoms. The van der Waals surface area contributed by atoms with Crippen LogP contribution in [0.4, 0.5) is 5.13 Å². The predicted molar refractivity (Wildman–Crippen MR) is 124 cm³/mol. The molecule has 0 spiro atoms. The predicted octanol–water partition coefficient (Wildman–Crippen LogP) is 5.49. The minimum atomic E-state index is -0.875. The van der Waals surface area contributed by atoms with E-state index in [9.17, 15) is 4.79 Å². The van der Waals surface area contributed by atoms with E-state index in [4.69, 9.17) is 16.8 Å². The van der Waals surface area contributed by atoms with Gasteiger partial charge in [0, 0.05) is 5.38 Å². The van der Waals surface area contributed by atoms with Gasteiger partial charge in [-0.3, -0.25) is 4.79 Å². The number of aromatic nitrogens is 1. The molecule has 0 saturated heterocycles. The molecule has 0 radical (unpaired) electrons. The summed E-state index contributed by atoms with van der Waals surface area (Å²) in [6, 6.07) is 30.2. The molecule has 7 heteroatoms. The summed E-state index contributed by atoms with van der Waals surface area (Å²) >= 11 is 6.82. The first-order valence-electron chi connectivity index (χ1n) is 9.47. The number of nitrogens with one attached hydrogen (secondary N) is 1. The number of halogens is 1. The molecule has 1 aromatic heterocycles. The van der Waals surface area contributed by atoms with Crippen LogP contribution in [0.1, 0.15) is 22.4 Å². The highest BCUT2D eigenvalue weighted by atomic mass is 35.5. The van der Waals surface area contributed by atoms with Crippen LogP contribution < -0.4 is 5.32 Å². The van der Waals surface area contributed by atoms with E-state index in [2.05, 4.69) is 51.9 Å². The number of hydrogen-bond acceptors (Lipinski definition) is 6. The summed E-state index contributed by atoms with van der Waals surface area (Å²) in [6.07, 6.45) is 0. The Morgan fingerprint density at radius 1 is 0.871 bits per heavy atom. The van der Waals surface area contributed by atoms with Crippen molar-refractivity contribution in [3.05, 3.63) is 119 Å². The molecule has 0 aliphatic rings. The molecule has 0 aliphatic heterocycles. The van der Waals surface area contributed by atoms with Crippen LogP contribution in [0.5, 0.6) is 0 Å². The van der Waals surface area contributed by atoms with E-state index in [-0.39, 0.29) is 11.4 Å². The van der Waals surface area contributed by atoms with Gasteiger partial charge < -0.3 is 10.5 Å². The zero-order valence-corrected chi connectivity index (χ0v) is 17.8. The van der Waals surface area contributed by atoms with Crippen molar-refractivity contribution < 1.29 is 10.0 Å². The average molecular weight is 448 g/mol. The van der Waals surface area contributed by atoms with E-state index in [1.54, 1.807) is 5.38 Å². The smallest absolute Gasteiger partial charge is 0.276 e. The molecule has 0 atom stereocenters. The Kier molecular flexibility index (Phi) is 6.11. The number of carbonyl (C=O) groups excluding carboxylic acids is 1. The lowest BCUT2D eigenvalue weighted by Crippen LogP contribution is -2.38. The fourth-order valence-corrected chi connectivity index (χ4v) is 4.46. The second kappa shape index (κ2) is 9.12. The summed E-state index contributed by atoms with van der Waals surface area (Å²) in [4.78, 5) is 16.0. The van der Waals surface area contributed by atoms with E-state index in [1.165, 1.54) is 11.3 Å². The maximum absolute atomic E-state index is 11.6. The van der Waals surface area contributed by atoms with Gasteiger partial charge in [-0.15, -0.1) is 11.3 Å². The highest BCUT2D eigenvalue weighted by Gasteiger charge is 2.37. The highest BCUT2D eigenvalue weighted by molar-refractivity contribution is 7.14. The summed E-state index contributed by atoms with van der Waals surface area (Å²) in [5.41, 5.74) is 2.23. The Hall–Kier alpha value is -3.48. The SMILES string of the molecule is O=C(Cl)C(=NO)c1csc(NC(c2ccccc2)(c2ccccc2)c2ccccc2)n1. The van der Waals surface area contributed by atoms with Gasteiger partial charge >= 0.3 is 0 Å². The van der Waals surface area contributed by atoms with E-state index in [0.29, 0.717) is 5.13 Å². The zero-order chi connectivity index (χ0) is 21.7. The topological polar surface area (TPSA) is 74.6 Å². The van der Waals surface area contributed by atoms with E-state index >= 15 is 0 Å². The molecule has 2 N–H and O–H groups in total. The monoisotopic (exact) mass is 447 g/mol. The van der Waals surface area contributed by atoms with Crippen molar-refractivity contribution in [2.75, 3.05) is 5.32 Å². The maximum atomic E-state index is 11.6. The van der Waals surface area contributed by atoms with Gasteiger partial charge in [-0.05, 0) is 28.3 Å². The number of carbonyl (C=O) groups is 1. The molecule has 4 aromatic rings. The van der Waals surface area contributed by atoms with Crippen LogP contribution in [0.2, 0.25) is 0 Å². The third kappa shape index (κ3) is 4.08. The minimum Gasteiger partial charge on any atom is -0.410 e. The average Bonchev–Trinajstić information content (AvgIpc) is 3.27. The molecule has 154 valence electrons. The number of benzene rings is 3. The maximum Gasteiger partial charge on any atom is 0.276 e. The van der Waals surface area contributed by atoms with Crippen molar-refractivity contribution in [1.82, 2.24) is 4.98 Å². The highest BCUT2D eigenvalue weighted by Crippen LogP contribution is 2.40. The Morgan fingerprint density at radius 3 is 1.71 bits per heavy atom. The standard InChI is InChI=1S/C24H18ClN3O2S/c25-22(29)21(28-30)20-16-31-23(26-20)27-24(17-10-4-1-5-11-17,18-12-6-2-7-13-18)19-14-8-3-9-15-19/h1-16,30H,(H,26,27). The van der Waals surface area contributed by atoms with Crippen LogP contribution in [0, 0.1) is 0 Å². The van der Waals surface area contributed by atoms with Crippen molar-refractivity contribution in [2.24, 2.45) is 5.16 Å². The summed E-state index contributed by atoms with van der Waals surface area (Å²) in [7, 11) is 0. The Balaban J connectivity index is 1.91. The van der Waals surface area contributed by atoms with Crippen LogP contribution in [-0.4, -0.2) is 21.1 Å². The minimum absolute atomic E-state index is 0.207. The summed E-state index contributed by atoms with van der Waals surface area (Å²) in [5.74, 6) is 0. The Morgan fingerprint density at radius 2 is 1.32 bits per heavy atom. The first kappa shape index (κ1) is 20.8. The van der Waals surface area contributed by atoms with Crippen LogP contribution in [-0.2, 0) is 10.3 Å². The lowest BCUT2D eigenvalue weighted by molar-refractivity contribution is -0.106. The van der Waals surface area contributed by atoms with Gasteiger partial charge in [0.2, 0.25) is 0 Å². The van der Waals surface area contributed by atoms with Crippen molar-refractivity contribution in [1.29, 1.82) is 0 Å². The van der Waals surface area contributed by atoms with Crippen LogP contribution in [0.25, 0.3) is 0 Å². The largest absolute Gasteiger partial charge is 0.410 e. The van der Waals surface area contributed by atoms with Gasteiger partial charge in [-0.2, -0.15) is 0 Å². The normalized spacial score (nSPS) is 11.8. The van der Waals surface area contributed by atoms with Gasteiger partial charge in [0.05, 0.1) is 0 Å². The third-order valence-electron chi connectivity index (χ3n) is 4.95. The van der Waals surface area contributed by atoms with Crippen LogP contribution >= 0.6 is 22.9 Å². The molecular weight excluding hydrogens is 430 g/mol. The molecule has 1 heterocycles. The first-order chi connectivity index (χ1) is 15.1. The molecule has 4 rings (SSSR count). The number of nitrogens with zero attached hydrogens (tertiary/aromatic N) is 2. The fraction of sp³-hybridized carbons (Fsp3) is 0.0417. The lowest BCUT2D eigenvalue weighted by Gasteiger charge is -2.36. The van der Waals surface area contributed by atoms with Gasteiger partial charge in [-0.1, -0.05) is 96.2 Å². The number of hydrogen-bond donors (Lipinski definition) is 2. The van der Waals surface area contributed by atoms with Gasteiger partial charge in [0.25, 0.3) is 5.24 Å². The molecule has 0 unspecified atom stereocenters. The molecule has 0 fully saturated rings. The van der Waals surface area contributed by atoms with Gasteiger partial charge in [0.15, 0.2) is 10.8 Å². The van der Waals surface area contributed by atoms with Gasteiger partial charge in [0.1, 0.15) is 11.2 Å². The van der Waals surface area contributed by atoms with Gasteiger partial charge in [-0.25, -0.2) is 4.98 Å². The summed E-state index contributed by atoms with van der Waals surface area (Å²) < 4.78 is 0. The molecule has 5 nitrogen and oxygen atoms in total. The quantitative estimate of drug-likeness (QED) is 0.129. The van der Waals surface area contributed by atoms with E-state index in [1.807, 2.05) is 54.6 Å². The number of anilines is 1. The fourth-order valence-electron chi connectivity index (χ4n) is 3.57. The summed E-state index contributed by atoms with van der Waals surface area (Å²) in [6.45, 7) is 0. The second-order valence-corrected chi connectivity index (χ2v) is 7.93. The molecule has 0 amide bonds. The molecule has 0 aliphatic carbocycles. The van der Waals surface area contributed by atoms with Crippen molar-refractivity contribution in [3.63, 3.8) is 0 Å². The molecule has 3 aromatic carbocycles. The van der Waals surface area contributed by atoms with E-state index in [0.717, 1.165) is 16.7 Å². The van der Waals surface area contributed by atoms with Crippen molar-refractivity contribution in [3.8, 4) is 0 Å². The molecule has 0 saturated carbocycles. The van der Waals surface area contributed by atoms with Crippen molar-refractivity contribution >= 4 is 39.0 Å². The summed E-state index contributed by atoms with van der Waals surface area (Å²) in [5, 5.41) is 17.0. The van der Waals surface area contributed by atoms with Crippen LogP contribution in [0.3, 0.4) is 0 Å². The number of thiazole rings is 1. The lowest BCUT2D eigenvalue weighted by atomic mass is 9.77. The number of oxime groups is 1. The zero-order valence-electron chi connectivity index (χ0n) is 16.3. The Labute approximate surface area is 188 Å². The van der Waals surface area contributed by atoms with Crippen LogP contribution in [0.15, 0.2) is 102 Å². The third-order valence-corrected chi connectivity index (χ3v) is 5.88. The number of rotatable bonds is 7. The molecule has 0 bridgehead atoms. The second-order valence-electron chi connectivity index (χ2n) is 6.73. The Bertz CT molecular complexity index is 1100. The molecular formula is C24H18ClN3O2S. The van der Waals surface area contributed by atoms with Crippen molar-refractivity contribution in [2.45, 2.75) is 5.54 Å². The van der Waals surface area contributed by atoms with E-state index < -0.39 is 10.8 Å². The first-order valence-corrected chi connectivity index (χ1v) is 10.7.